The molecule has 7 nitrogen and oxygen atoms in total. The Morgan fingerprint density at radius 1 is 1.16 bits per heavy atom. The number of halogens is 4. The first-order valence-corrected chi connectivity index (χ1v) is 8.17. The number of nitro benzene ring substituents is 1. The maximum absolute atomic E-state index is 12.4. The number of nitrogens with one attached hydrogen (secondary N) is 1. The first kappa shape index (κ1) is 18.8. The zero-order valence-electron chi connectivity index (χ0n) is 12.0. The van der Waals surface area contributed by atoms with Crippen LogP contribution < -0.4 is 9.46 Å². The van der Waals surface area contributed by atoms with Crippen LogP contribution in [0.4, 0.5) is 24.5 Å². The van der Waals surface area contributed by atoms with Crippen molar-refractivity contribution in [3.05, 3.63) is 57.6 Å². The summed E-state index contributed by atoms with van der Waals surface area (Å²) in [6, 6.07) is 7.12. The summed E-state index contributed by atoms with van der Waals surface area (Å²) >= 11 is 5.60. The SMILES string of the molecule is O=[N+]([O-])c1cc(S(=O)(=O)Nc2ccccc2OC(F)(F)F)ccc1Cl. The van der Waals surface area contributed by atoms with Gasteiger partial charge < -0.3 is 4.74 Å². The van der Waals surface area contributed by atoms with Crippen molar-refractivity contribution in [3.8, 4) is 5.75 Å². The number of benzene rings is 2. The molecule has 0 aliphatic heterocycles. The molecule has 0 fully saturated rings. The second-order valence-electron chi connectivity index (χ2n) is 4.52. The van der Waals surface area contributed by atoms with Gasteiger partial charge in [-0.15, -0.1) is 13.2 Å². The van der Waals surface area contributed by atoms with Gasteiger partial charge in [-0.1, -0.05) is 23.7 Å². The fraction of sp³-hybridized carbons (Fsp3) is 0.0769. The largest absolute Gasteiger partial charge is 0.573 e. The number of para-hydroxylation sites is 2. The van der Waals surface area contributed by atoms with E-state index in [1.165, 1.54) is 12.1 Å². The minimum atomic E-state index is -5.03. The fourth-order valence-electron chi connectivity index (χ4n) is 1.77. The number of hydrogen-bond acceptors (Lipinski definition) is 5. The molecule has 134 valence electrons. The van der Waals surface area contributed by atoms with Gasteiger partial charge in [0.15, 0.2) is 5.75 Å². The number of ether oxygens (including phenoxy) is 1. The third-order valence-corrected chi connectivity index (χ3v) is 4.46. The number of nitrogens with zero attached hydrogens (tertiary/aromatic N) is 1. The van der Waals surface area contributed by atoms with Gasteiger partial charge in [-0.25, -0.2) is 8.42 Å². The minimum Gasteiger partial charge on any atom is -0.404 e. The van der Waals surface area contributed by atoms with Crippen molar-refractivity contribution < 1.29 is 31.2 Å². The maximum Gasteiger partial charge on any atom is 0.573 e. The molecule has 0 unspecified atom stereocenters. The molecule has 0 bridgehead atoms. The highest BCUT2D eigenvalue weighted by Crippen LogP contribution is 2.33. The van der Waals surface area contributed by atoms with Gasteiger partial charge in [0.2, 0.25) is 0 Å². The van der Waals surface area contributed by atoms with E-state index in [9.17, 15) is 31.7 Å². The molecule has 2 aromatic carbocycles. The lowest BCUT2D eigenvalue weighted by Crippen LogP contribution is -2.19. The van der Waals surface area contributed by atoms with Crippen LogP contribution in [0.1, 0.15) is 0 Å². The van der Waals surface area contributed by atoms with Crippen molar-refractivity contribution in [1.29, 1.82) is 0 Å². The molecule has 0 aromatic heterocycles. The van der Waals surface area contributed by atoms with Crippen LogP contribution in [0.2, 0.25) is 5.02 Å². The lowest BCUT2D eigenvalue weighted by atomic mass is 10.3. The second kappa shape index (κ2) is 6.76. The van der Waals surface area contributed by atoms with Crippen LogP contribution in [-0.2, 0) is 10.0 Å². The highest BCUT2D eigenvalue weighted by atomic mass is 35.5. The second-order valence-corrected chi connectivity index (χ2v) is 6.61. The molecule has 0 spiro atoms. The lowest BCUT2D eigenvalue weighted by Gasteiger charge is -2.14. The Hall–Kier alpha value is -2.53. The Morgan fingerprint density at radius 2 is 1.80 bits per heavy atom. The summed E-state index contributed by atoms with van der Waals surface area (Å²) in [5, 5.41) is 10.5. The third-order valence-electron chi connectivity index (χ3n) is 2.78. The predicted octanol–water partition coefficient (Wildman–Crippen LogP) is 3.95. The van der Waals surface area contributed by atoms with Gasteiger partial charge in [0, 0.05) is 6.07 Å². The van der Waals surface area contributed by atoms with Crippen LogP contribution in [0.25, 0.3) is 0 Å². The van der Waals surface area contributed by atoms with Crippen molar-refractivity contribution in [2.75, 3.05) is 4.72 Å². The average Bonchev–Trinajstić information content (AvgIpc) is 2.47. The Kier molecular flexibility index (Phi) is 5.09. The van der Waals surface area contributed by atoms with E-state index in [0.717, 1.165) is 24.3 Å². The summed E-state index contributed by atoms with van der Waals surface area (Å²) in [4.78, 5) is 9.39. The number of nitro groups is 1. The van der Waals surface area contributed by atoms with Crippen LogP contribution in [0, 0.1) is 10.1 Å². The third kappa shape index (κ3) is 4.73. The number of hydrogen-bond donors (Lipinski definition) is 1. The molecule has 0 radical (unpaired) electrons. The Morgan fingerprint density at radius 3 is 2.40 bits per heavy atom. The van der Waals surface area contributed by atoms with Crippen molar-refractivity contribution >= 4 is 33.0 Å². The van der Waals surface area contributed by atoms with Gasteiger partial charge in [0.1, 0.15) is 5.02 Å². The summed E-state index contributed by atoms with van der Waals surface area (Å²) < 4.78 is 67.3. The van der Waals surface area contributed by atoms with Crippen molar-refractivity contribution in [3.63, 3.8) is 0 Å². The standard InChI is InChI=1S/C13H8ClF3N2O5S/c14-9-6-5-8(7-11(9)19(20)21)25(22,23)18-10-3-1-2-4-12(10)24-13(15,16)17/h1-7,18H. The summed E-state index contributed by atoms with van der Waals surface area (Å²) in [6.07, 6.45) is -5.03. The number of rotatable bonds is 5. The van der Waals surface area contributed by atoms with Crippen LogP contribution in [0.3, 0.4) is 0 Å². The molecule has 12 heteroatoms. The van der Waals surface area contributed by atoms with Gasteiger partial charge >= 0.3 is 6.36 Å². The molecule has 2 rings (SSSR count). The van der Waals surface area contributed by atoms with Crippen LogP contribution >= 0.6 is 11.6 Å². The average molecular weight is 397 g/mol. The Balaban J connectivity index is 2.41. The van der Waals surface area contributed by atoms with E-state index in [0.29, 0.717) is 6.07 Å². The van der Waals surface area contributed by atoms with E-state index in [1.807, 2.05) is 4.72 Å². The van der Waals surface area contributed by atoms with Crippen LogP contribution in [0.15, 0.2) is 47.4 Å². The maximum atomic E-state index is 12.4. The number of sulfonamides is 1. The van der Waals surface area contributed by atoms with Crippen LogP contribution in [-0.4, -0.2) is 19.7 Å². The van der Waals surface area contributed by atoms with E-state index < -0.39 is 43.3 Å². The molecule has 25 heavy (non-hydrogen) atoms. The predicted molar refractivity (Wildman–Crippen MR) is 82.0 cm³/mol. The molecule has 0 amide bonds. The smallest absolute Gasteiger partial charge is 0.404 e. The molecule has 0 aliphatic rings. The van der Waals surface area contributed by atoms with Gasteiger partial charge in [0.05, 0.1) is 15.5 Å². The summed E-state index contributed by atoms with van der Waals surface area (Å²) in [7, 11) is -4.42. The van der Waals surface area contributed by atoms with Crippen LogP contribution in [0.5, 0.6) is 5.75 Å². The normalized spacial score (nSPS) is 11.8. The molecule has 0 saturated carbocycles. The van der Waals surface area contributed by atoms with E-state index in [4.69, 9.17) is 11.6 Å². The molecular weight excluding hydrogens is 389 g/mol. The quantitative estimate of drug-likeness (QED) is 0.609. The highest BCUT2D eigenvalue weighted by molar-refractivity contribution is 7.92. The molecule has 1 N–H and O–H groups in total. The number of anilines is 1. The summed E-state index contributed by atoms with van der Waals surface area (Å²) in [5.41, 5.74) is -1.15. The first-order valence-electron chi connectivity index (χ1n) is 6.31. The lowest BCUT2D eigenvalue weighted by molar-refractivity contribution is -0.384. The van der Waals surface area contributed by atoms with Gasteiger partial charge in [-0.2, -0.15) is 0 Å². The zero-order valence-corrected chi connectivity index (χ0v) is 13.5. The topological polar surface area (TPSA) is 98.5 Å². The Labute approximate surface area is 144 Å². The molecular formula is C13H8ClF3N2O5S. The molecule has 0 heterocycles. The van der Waals surface area contributed by atoms with Crippen molar-refractivity contribution in [2.45, 2.75) is 11.3 Å². The Bertz CT molecular complexity index is 918. The van der Waals surface area contributed by atoms with E-state index >= 15 is 0 Å². The molecule has 0 saturated heterocycles. The zero-order chi connectivity index (χ0) is 18.8. The summed E-state index contributed by atoms with van der Waals surface area (Å²) in [6.45, 7) is 0. The van der Waals surface area contributed by atoms with E-state index in [1.54, 1.807) is 0 Å². The number of alkyl halides is 3. The highest BCUT2D eigenvalue weighted by Gasteiger charge is 2.32. The van der Waals surface area contributed by atoms with Gasteiger partial charge in [-0.05, 0) is 24.3 Å². The van der Waals surface area contributed by atoms with Gasteiger partial charge in [0.25, 0.3) is 15.7 Å². The van der Waals surface area contributed by atoms with Gasteiger partial charge in [-0.3, -0.25) is 14.8 Å². The van der Waals surface area contributed by atoms with E-state index in [2.05, 4.69) is 4.74 Å². The van der Waals surface area contributed by atoms with Crippen molar-refractivity contribution in [1.82, 2.24) is 0 Å². The van der Waals surface area contributed by atoms with E-state index in [-0.39, 0.29) is 5.02 Å². The minimum absolute atomic E-state index is 0.287. The van der Waals surface area contributed by atoms with Crippen molar-refractivity contribution in [2.24, 2.45) is 0 Å². The fourth-order valence-corrected chi connectivity index (χ4v) is 3.04. The summed E-state index contributed by atoms with van der Waals surface area (Å²) in [5.74, 6) is -0.776. The monoisotopic (exact) mass is 396 g/mol. The molecule has 0 aliphatic carbocycles. The molecule has 2 aromatic rings. The molecule has 0 atom stereocenters. The first-order chi connectivity index (χ1) is 11.5.